The zero-order chi connectivity index (χ0) is 25.8. The Labute approximate surface area is 204 Å². The summed E-state index contributed by atoms with van der Waals surface area (Å²) in [5, 5.41) is 3.89. The number of hydrogen-bond acceptors (Lipinski definition) is 1. The summed E-state index contributed by atoms with van der Waals surface area (Å²) in [5.74, 6) is 0.881. The Morgan fingerprint density at radius 3 is 2.08 bits per heavy atom. The van der Waals surface area contributed by atoms with Crippen molar-refractivity contribution in [3.63, 3.8) is 0 Å². The Morgan fingerprint density at radius 1 is 0.806 bits per heavy atom. The van der Waals surface area contributed by atoms with Crippen LogP contribution >= 0.6 is 0 Å². The van der Waals surface area contributed by atoms with Crippen LogP contribution < -0.4 is 9.30 Å². The Hall–Kier alpha value is -3.19. The molecule has 36 heavy (non-hydrogen) atoms. The van der Waals surface area contributed by atoms with Gasteiger partial charge in [0.2, 0.25) is 11.4 Å². The number of halogens is 6. The fourth-order valence-electron chi connectivity index (χ4n) is 4.72. The summed E-state index contributed by atoms with van der Waals surface area (Å²) >= 11 is -11.2. The second-order valence-corrected chi connectivity index (χ2v) is 14.0. The number of ether oxygens (including phenoxy) is 1. The van der Waals surface area contributed by atoms with Crippen molar-refractivity contribution < 1.29 is 26.2 Å². The zero-order valence-corrected chi connectivity index (χ0v) is 21.5. The molecule has 0 spiro atoms. The van der Waals surface area contributed by atoms with Crippen LogP contribution in [0.4, 0.5) is 16.9 Å². The molecule has 2 aromatic heterocycles. The van der Waals surface area contributed by atoms with Crippen LogP contribution in [0.3, 0.4) is 0 Å². The molecule has 188 valence electrons. The van der Waals surface area contributed by atoms with Gasteiger partial charge in [-0.3, -0.25) is 0 Å². The average molecular weight is 613 g/mol. The molecule has 0 unspecified atom stereocenters. The van der Waals surface area contributed by atoms with Gasteiger partial charge in [0, 0.05) is 29.0 Å². The van der Waals surface area contributed by atoms with Crippen molar-refractivity contribution in [2.75, 3.05) is 7.11 Å². The molecule has 1 aliphatic rings. The maximum atomic E-state index is 9.93. The van der Waals surface area contributed by atoms with E-state index in [4.69, 9.17) is 4.74 Å². The number of fused-ring (bicyclic) bond motifs is 7. The predicted octanol–water partition coefficient (Wildman–Crippen LogP) is 7.65. The van der Waals surface area contributed by atoms with Gasteiger partial charge in [-0.15, -0.1) is 0 Å². The molecule has 1 N–H and O–H groups in total. The number of nitrogens with one attached hydrogen (secondary N) is 1. The molecule has 0 saturated carbocycles. The average Bonchev–Trinajstić information content (AvgIpc) is 3.20. The van der Waals surface area contributed by atoms with E-state index < -0.39 is 19.5 Å². The van der Waals surface area contributed by atoms with E-state index >= 15 is 0 Å². The van der Waals surface area contributed by atoms with Crippen LogP contribution in [0, 0.1) is 0 Å². The van der Waals surface area contributed by atoms with Crippen molar-refractivity contribution in [2.45, 2.75) is 13.0 Å². The molecule has 3 nitrogen and oxygen atoms in total. The first kappa shape index (κ1) is 24.5. The number of hydrogen-bond donors (Lipinski definition) is 1. The molecule has 5 aromatic rings. The number of nitrogens with zero attached hydrogens (tertiary/aromatic N) is 1. The molecule has 10 heteroatoms. The second-order valence-electron chi connectivity index (χ2n) is 8.58. The van der Waals surface area contributed by atoms with Crippen molar-refractivity contribution in [1.82, 2.24) is 4.98 Å². The molecule has 0 fully saturated rings. The molecule has 0 radical (unpaired) electrons. The molecule has 0 atom stereocenters. The van der Waals surface area contributed by atoms with Gasteiger partial charge in [-0.05, 0) is 47.3 Å². The van der Waals surface area contributed by atoms with Crippen LogP contribution in [0.1, 0.15) is 5.56 Å². The Morgan fingerprint density at radius 2 is 1.42 bits per heavy atom. The van der Waals surface area contributed by atoms with E-state index in [9.17, 15) is 16.9 Å². The second kappa shape index (κ2) is 7.90. The molecule has 0 bridgehead atoms. The third-order valence-electron chi connectivity index (χ3n) is 6.09. The molecule has 3 aromatic carbocycles. The fraction of sp³-hybridized carbons (Fsp3) is 0.115. The number of aromatic amines is 1. The van der Waals surface area contributed by atoms with Crippen LogP contribution in [-0.2, 0) is 13.0 Å². The summed E-state index contributed by atoms with van der Waals surface area (Å²) in [6.45, 7) is 0.969. The number of aromatic nitrogens is 2. The van der Waals surface area contributed by atoms with Gasteiger partial charge in [-0.2, -0.15) is 4.57 Å². The molecule has 0 amide bonds. The molecule has 3 heterocycles. The van der Waals surface area contributed by atoms with Crippen molar-refractivity contribution >= 4 is 41.2 Å². The summed E-state index contributed by atoms with van der Waals surface area (Å²) in [4.78, 5) is 3.72. The van der Waals surface area contributed by atoms with E-state index in [2.05, 4.69) is 76.3 Å². The molecule has 6 rings (SSSR count). The minimum atomic E-state index is -11.2. The van der Waals surface area contributed by atoms with E-state index in [1.54, 1.807) is 7.11 Å². The van der Waals surface area contributed by atoms with Gasteiger partial charge in [0.05, 0.1) is 12.5 Å². The van der Waals surface area contributed by atoms with Crippen LogP contribution in [0.15, 0.2) is 78.9 Å². The maximum absolute atomic E-state index is 11.2. The van der Waals surface area contributed by atoms with E-state index in [0.29, 0.717) is 0 Å². The van der Waals surface area contributed by atoms with Gasteiger partial charge in [-0.1, -0.05) is 36.4 Å². The van der Waals surface area contributed by atoms with Crippen LogP contribution in [-0.4, -0.2) is 31.6 Å². The van der Waals surface area contributed by atoms with Crippen molar-refractivity contribution in [2.24, 2.45) is 0 Å². The number of H-pyrrole nitrogens is 1. The summed E-state index contributed by atoms with van der Waals surface area (Å²) in [6.07, 6.45) is 1.03. The Kier molecular flexibility index (Phi) is 5.38. The van der Waals surface area contributed by atoms with Gasteiger partial charge in [0.15, 0.2) is 6.54 Å². The first-order chi connectivity index (χ1) is 16.8. The summed E-state index contributed by atoms with van der Waals surface area (Å²) in [7, 11) is 1.71. The van der Waals surface area contributed by atoms with Gasteiger partial charge in [-0.25, -0.2) is 0 Å². The monoisotopic (exact) mass is 612 g/mol. The van der Waals surface area contributed by atoms with Gasteiger partial charge in [0.25, 0.3) is 0 Å². The Bertz CT molecular complexity index is 1600. The Balaban J connectivity index is 0.000000338. The third-order valence-corrected chi connectivity index (χ3v) is 6.09. The standard InChI is InChI=1S/C26H20N2O.6FH.Sb/c1-29-19-12-10-17(11-13-19)24-16-18-6-2-3-7-20(18)26-25-22(14-15-28(24)26)21-8-4-5-9-23(21)27-25;;;;;;;/h2-13,16H,14-15H2,1H3;6*1H;/q;;;;;;;+5/p-5. The number of aryl methyl sites for hydroxylation is 1. The number of benzene rings is 3. The summed E-state index contributed by atoms with van der Waals surface area (Å²) in [5.41, 5.74) is 7.63. The molecular weight excluding hydrogens is 592 g/mol. The van der Waals surface area contributed by atoms with Crippen molar-refractivity contribution in [3.05, 3.63) is 84.4 Å². The van der Waals surface area contributed by atoms with E-state index in [-0.39, 0.29) is 0 Å². The quantitative estimate of drug-likeness (QED) is 0.124. The van der Waals surface area contributed by atoms with E-state index in [0.717, 1.165) is 18.7 Å². The predicted molar refractivity (Wildman–Crippen MR) is 130 cm³/mol. The summed E-state index contributed by atoms with van der Waals surface area (Å²) in [6, 6.07) is 28.0. The van der Waals surface area contributed by atoms with Crippen LogP contribution in [0.5, 0.6) is 5.75 Å². The molecule has 0 saturated heterocycles. The summed E-state index contributed by atoms with van der Waals surface area (Å²) < 4.78 is 67.4. The van der Waals surface area contributed by atoms with Crippen molar-refractivity contribution in [3.8, 4) is 28.4 Å². The van der Waals surface area contributed by atoms with E-state index in [1.165, 1.54) is 49.9 Å². The SMILES string of the molecule is COc1ccc(-c2cc3ccccc3c3[n+]2CCc2c-3[nH]c3ccccc23)cc1.[F][Sb-]([F])([F])([F])([F])[F]. The molecule has 1 aliphatic heterocycles. The fourth-order valence-corrected chi connectivity index (χ4v) is 4.72. The topological polar surface area (TPSA) is 28.9 Å². The number of methoxy groups -OCH3 is 1. The number of para-hydroxylation sites is 1. The van der Waals surface area contributed by atoms with Gasteiger partial charge in [0.1, 0.15) is 11.4 Å². The van der Waals surface area contributed by atoms with Gasteiger partial charge < -0.3 is 9.72 Å². The van der Waals surface area contributed by atoms with Gasteiger partial charge >= 0.3 is 36.4 Å². The first-order valence-electron chi connectivity index (χ1n) is 11.0. The van der Waals surface area contributed by atoms with Crippen LogP contribution in [0.25, 0.3) is 44.3 Å². The normalized spacial score (nSPS) is 14.8. The van der Waals surface area contributed by atoms with Crippen LogP contribution in [0.2, 0.25) is 0 Å². The number of pyridine rings is 1. The zero-order valence-electron chi connectivity index (χ0n) is 19.0. The molecule has 0 aliphatic carbocycles. The first-order valence-corrected chi connectivity index (χ1v) is 16.8. The molecular formula is C26H21F6N2OSb. The minimum absolute atomic E-state index is 0.881. The van der Waals surface area contributed by atoms with E-state index in [1.807, 2.05) is 12.1 Å². The van der Waals surface area contributed by atoms with Crippen molar-refractivity contribution in [1.29, 1.82) is 0 Å². The number of rotatable bonds is 2. The third kappa shape index (κ3) is 5.31.